The topological polar surface area (TPSA) is 46.1 Å². The number of carbonyl (C=O) groups excluding carboxylic acids is 1. The largest absolute Gasteiger partial charge is 0.304 e. The fourth-order valence-electron chi connectivity index (χ4n) is 4.45. The highest BCUT2D eigenvalue weighted by Crippen LogP contribution is 2.47. The molecule has 0 saturated heterocycles. The molecule has 4 nitrogen and oxygen atoms in total. The molecule has 1 aromatic carbocycles. The molecule has 2 bridgehead atoms. The molecular weight excluding hydrogens is 298 g/mol. The maximum atomic E-state index is 13.2. The Morgan fingerprint density at radius 1 is 1.25 bits per heavy atom. The van der Waals surface area contributed by atoms with Crippen molar-refractivity contribution in [1.29, 1.82) is 0 Å². The monoisotopic (exact) mass is 321 g/mol. The molecule has 2 aromatic rings. The number of carbonyl (C=O) groups is 1. The minimum Gasteiger partial charge on any atom is -0.304 e. The second kappa shape index (κ2) is 6.34. The molecule has 124 valence electrons. The first kappa shape index (κ1) is 15.3. The quantitative estimate of drug-likeness (QED) is 0.858. The summed E-state index contributed by atoms with van der Waals surface area (Å²) in [4.78, 5) is 23.6. The summed E-state index contributed by atoms with van der Waals surface area (Å²) in [5.41, 5.74) is 2.69. The third-order valence-corrected chi connectivity index (χ3v) is 5.63. The number of anilines is 1. The second-order valence-electron chi connectivity index (χ2n) is 7.03. The first-order chi connectivity index (χ1) is 11.8. The van der Waals surface area contributed by atoms with Crippen molar-refractivity contribution in [3.8, 4) is 0 Å². The molecule has 0 radical (unpaired) electrons. The number of amides is 1. The van der Waals surface area contributed by atoms with Gasteiger partial charge in [-0.1, -0.05) is 25.5 Å². The maximum absolute atomic E-state index is 13.2. The molecule has 1 heterocycles. The summed E-state index contributed by atoms with van der Waals surface area (Å²) in [5.74, 6) is 1.39. The van der Waals surface area contributed by atoms with Crippen molar-refractivity contribution in [2.75, 3.05) is 4.90 Å². The molecule has 0 N–H and O–H groups in total. The van der Waals surface area contributed by atoms with Crippen molar-refractivity contribution in [3.63, 3.8) is 0 Å². The minimum atomic E-state index is -0.0195. The molecule has 2 fully saturated rings. The number of hydrogen-bond donors (Lipinski definition) is 0. The van der Waals surface area contributed by atoms with Crippen LogP contribution in [0.1, 0.15) is 48.7 Å². The van der Waals surface area contributed by atoms with Gasteiger partial charge in [-0.15, -0.1) is 0 Å². The SMILES string of the molecule is CCc1cccc(N(C(=O)c2cnccn2)[C@H]2C[C@H]3CC[C@H]2C3)c1. The average molecular weight is 321 g/mol. The van der Waals surface area contributed by atoms with E-state index in [4.69, 9.17) is 0 Å². The Hall–Kier alpha value is -2.23. The fraction of sp³-hybridized carbons (Fsp3) is 0.450. The smallest absolute Gasteiger partial charge is 0.278 e. The van der Waals surface area contributed by atoms with Gasteiger partial charge in [0.1, 0.15) is 5.69 Å². The van der Waals surface area contributed by atoms with Gasteiger partial charge in [0.15, 0.2) is 0 Å². The molecule has 4 rings (SSSR count). The first-order valence-electron chi connectivity index (χ1n) is 8.94. The summed E-state index contributed by atoms with van der Waals surface area (Å²) < 4.78 is 0. The maximum Gasteiger partial charge on any atom is 0.278 e. The summed E-state index contributed by atoms with van der Waals surface area (Å²) in [5, 5.41) is 0. The molecule has 1 aromatic heterocycles. The van der Waals surface area contributed by atoms with Gasteiger partial charge in [0, 0.05) is 24.1 Å². The van der Waals surface area contributed by atoms with E-state index in [0.717, 1.165) is 24.4 Å². The van der Waals surface area contributed by atoms with E-state index in [9.17, 15) is 4.79 Å². The van der Waals surface area contributed by atoms with Crippen molar-refractivity contribution < 1.29 is 4.79 Å². The van der Waals surface area contributed by atoms with E-state index in [1.54, 1.807) is 18.6 Å². The van der Waals surface area contributed by atoms with Crippen LogP contribution >= 0.6 is 0 Å². The van der Waals surface area contributed by atoms with Gasteiger partial charge < -0.3 is 4.90 Å². The van der Waals surface area contributed by atoms with Crippen LogP contribution in [-0.2, 0) is 6.42 Å². The summed E-state index contributed by atoms with van der Waals surface area (Å²) in [7, 11) is 0. The van der Waals surface area contributed by atoms with E-state index in [1.165, 1.54) is 24.8 Å². The minimum absolute atomic E-state index is 0.0195. The predicted molar refractivity (Wildman–Crippen MR) is 93.9 cm³/mol. The Morgan fingerprint density at radius 2 is 2.17 bits per heavy atom. The lowest BCUT2D eigenvalue weighted by Crippen LogP contribution is -2.44. The normalized spacial score (nSPS) is 25.0. The number of aromatic nitrogens is 2. The predicted octanol–water partition coefficient (Wildman–Crippen LogP) is 3.87. The third-order valence-electron chi connectivity index (χ3n) is 5.63. The molecule has 2 aliphatic rings. The Morgan fingerprint density at radius 3 is 2.83 bits per heavy atom. The summed E-state index contributed by atoms with van der Waals surface area (Å²) >= 11 is 0. The van der Waals surface area contributed by atoms with Crippen LogP contribution in [0.25, 0.3) is 0 Å². The number of rotatable bonds is 4. The summed E-state index contributed by atoms with van der Waals surface area (Å²) in [6.07, 6.45) is 10.7. The van der Waals surface area contributed by atoms with Gasteiger partial charge >= 0.3 is 0 Å². The third kappa shape index (κ3) is 2.70. The van der Waals surface area contributed by atoms with Crippen LogP contribution in [0.15, 0.2) is 42.9 Å². The van der Waals surface area contributed by atoms with E-state index < -0.39 is 0 Å². The van der Waals surface area contributed by atoms with Crippen LogP contribution in [0, 0.1) is 11.8 Å². The van der Waals surface area contributed by atoms with Gasteiger partial charge in [0.25, 0.3) is 5.91 Å². The van der Waals surface area contributed by atoms with Crippen molar-refractivity contribution in [2.45, 2.75) is 45.1 Å². The Labute approximate surface area is 142 Å². The van der Waals surface area contributed by atoms with E-state index in [2.05, 4.69) is 41.2 Å². The van der Waals surface area contributed by atoms with Gasteiger partial charge in [-0.05, 0) is 55.2 Å². The van der Waals surface area contributed by atoms with Gasteiger partial charge in [-0.3, -0.25) is 9.78 Å². The lowest BCUT2D eigenvalue weighted by atomic mass is 9.93. The first-order valence-corrected chi connectivity index (χ1v) is 8.94. The van der Waals surface area contributed by atoms with Crippen LogP contribution in [0.2, 0.25) is 0 Å². The lowest BCUT2D eigenvalue weighted by molar-refractivity contribution is 0.0962. The molecular formula is C20H23N3O. The highest BCUT2D eigenvalue weighted by atomic mass is 16.2. The molecule has 0 unspecified atom stereocenters. The Kier molecular flexibility index (Phi) is 4.05. The summed E-state index contributed by atoms with van der Waals surface area (Å²) in [6, 6.07) is 8.68. The van der Waals surface area contributed by atoms with Crippen LogP contribution in [0.4, 0.5) is 5.69 Å². The number of fused-ring (bicyclic) bond motifs is 2. The lowest BCUT2D eigenvalue weighted by Gasteiger charge is -2.34. The van der Waals surface area contributed by atoms with Crippen molar-refractivity contribution >= 4 is 11.6 Å². The molecule has 2 saturated carbocycles. The number of benzene rings is 1. The van der Waals surface area contributed by atoms with Crippen molar-refractivity contribution in [2.24, 2.45) is 11.8 Å². The highest BCUT2D eigenvalue weighted by molar-refractivity contribution is 6.05. The summed E-state index contributed by atoms with van der Waals surface area (Å²) in [6.45, 7) is 2.14. The van der Waals surface area contributed by atoms with Crippen LogP contribution < -0.4 is 4.90 Å². The van der Waals surface area contributed by atoms with Gasteiger partial charge in [-0.25, -0.2) is 4.98 Å². The van der Waals surface area contributed by atoms with Gasteiger partial charge in [0.05, 0.1) is 6.20 Å². The van der Waals surface area contributed by atoms with E-state index >= 15 is 0 Å². The van der Waals surface area contributed by atoms with E-state index in [-0.39, 0.29) is 5.91 Å². The Bertz CT molecular complexity index is 731. The average Bonchev–Trinajstić information content (AvgIpc) is 3.26. The fourth-order valence-corrected chi connectivity index (χ4v) is 4.45. The van der Waals surface area contributed by atoms with Gasteiger partial charge in [-0.2, -0.15) is 0 Å². The van der Waals surface area contributed by atoms with E-state index in [1.807, 2.05) is 4.90 Å². The standard InChI is InChI=1S/C20H23N3O/c1-2-14-4-3-5-17(11-14)23(19-12-15-6-7-16(19)10-15)20(24)18-13-21-8-9-22-18/h3-5,8-9,11,13,15-16,19H,2,6-7,10,12H2,1H3/t15-,16-,19-/m0/s1. The van der Waals surface area contributed by atoms with Crippen LogP contribution in [0.3, 0.4) is 0 Å². The van der Waals surface area contributed by atoms with Crippen molar-refractivity contribution in [1.82, 2.24) is 9.97 Å². The zero-order valence-electron chi connectivity index (χ0n) is 14.1. The molecule has 3 atom stereocenters. The van der Waals surface area contributed by atoms with Crippen LogP contribution in [-0.4, -0.2) is 21.9 Å². The highest BCUT2D eigenvalue weighted by Gasteiger charge is 2.44. The number of hydrogen-bond acceptors (Lipinski definition) is 3. The molecule has 2 aliphatic carbocycles. The van der Waals surface area contributed by atoms with Gasteiger partial charge in [0.2, 0.25) is 0 Å². The molecule has 4 heteroatoms. The van der Waals surface area contributed by atoms with Crippen LogP contribution in [0.5, 0.6) is 0 Å². The molecule has 24 heavy (non-hydrogen) atoms. The second-order valence-corrected chi connectivity index (χ2v) is 7.03. The zero-order chi connectivity index (χ0) is 16.5. The number of aryl methyl sites for hydroxylation is 1. The zero-order valence-corrected chi connectivity index (χ0v) is 14.1. The molecule has 0 aliphatic heterocycles. The van der Waals surface area contributed by atoms with E-state index in [0.29, 0.717) is 17.7 Å². The Balaban J connectivity index is 1.73. The van der Waals surface area contributed by atoms with Crippen molar-refractivity contribution in [3.05, 3.63) is 54.1 Å². The molecule has 0 spiro atoms. The number of nitrogens with zero attached hydrogens (tertiary/aromatic N) is 3. The molecule has 1 amide bonds.